The van der Waals surface area contributed by atoms with Crippen molar-refractivity contribution in [1.29, 1.82) is 0 Å². The molecule has 3 fully saturated rings. The molecule has 1 saturated heterocycles. The van der Waals surface area contributed by atoms with Gasteiger partial charge in [-0.05, 0) is 108 Å². The molecule has 2 aliphatic carbocycles. The van der Waals surface area contributed by atoms with Crippen LogP contribution in [0.15, 0.2) is 0 Å². The lowest BCUT2D eigenvalue weighted by molar-refractivity contribution is -0.357. The van der Waals surface area contributed by atoms with E-state index >= 15 is 0 Å². The molecule has 0 amide bonds. The van der Waals surface area contributed by atoms with Crippen LogP contribution in [0.1, 0.15) is 105 Å². The van der Waals surface area contributed by atoms with E-state index in [1.54, 1.807) is 0 Å². The second kappa shape index (κ2) is 13.8. The van der Waals surface area contributed by atoms with E-state index in [2.05, 4.69) is 23.9 Å². The van der Waals surface area contributed by atoms with E-state index in [0.717, 1.165) is 83.7 Å². The van der Waals surface area contributed by atoms with Crippen LogP contribution in [0.2, 0.25) is 0 Å². The lowest BCUT2D eigenvalue weighted by Crippen LogP contribution is -2.63. The van der Waals surface area contributed by atoms with Gasteiger partial charge in [-0.2, -0.15) is 26.3 Å². The predicted octanol–water partition coefficient (Wildman–Crippen LogP) is 7.13. The Hall–Kier alpha value is -1.56. The van der Waals surface area contributed by atoms with Crippen molar-refractivity contribution < 1.29 is 50.5 Å². The van der Waals surface area contributed by atoms with Crippen LogP contribution in [0.4, 0.5) is 26.3 Å². The van der Waals surface area contributed by atoms with E-state index in [-0.39, 0.29) is 29.6 Å². The molecule has 6 nitrogen and oxygen atoms in total. The highest BCUT2D eigenvalue weighted by Crippen LogP contribution is 2.48. The molecule has 2 unspecified atom stereocenters. The molecule has 43 heavy (non-hydrogen) atoms. The summed E-state index contributed by atoms with van der Waals surface area (Å²) in [6, 6.07) is 0. The van der Waals surface area contributed by atoms with Gasteiger partial charge in [0, 0.05) is 5.92 Å². The third-order valence-electron chi connectivity index (χ3n) is 10.4. The van der Waals surface area contributed by atoms with Crippen molar-refractivity contribution in [2.75, 3.05) is 19.7 Å². The molecule has 0 aromatic heterocycles. The number of rotatable bonds is 10. The van der Waals surface area contributed by atoms with Crippen molar-refractivity contribution in [1.82, 2.24) is 5.32 Å². The summed E-state index contributed by atoms with van der Waals surface area (Å²) in [5.74, 6) is -1.82. The van der Waals surface area contributed by atoms with E-state index in [0.29, 0.717) is 17.8 Å². The summed E-state index contributed by atoms with van der Waals surface area (Å²) in [5.41, 5.74) is -6.03. The van der Waals surface area contributed by atoms with Gasteiger partial charge in [-0.25, -0.2) is 4.79 Å². The predicted molar refractivity (Wildman–Crippen MR) is 148 cm³/mol. The van der Waals surface area contributed by atoms with Crippen molar-refractivity contribution in [2.45, 2.75) is 128 Å². The lowest BCUT2D eigenvalue weighted by atomic mass is 9.63. The number of hydrogen-bond donors (Lipinski definition) is 2. The van der Waals surface area contributed by atoms with Crippen LogP contribution < -0.4 is 5.32 Å². The second-order valence-corrected chi connectivity index (χ2v) is 14.3. The Morgan fingerprint density at radius 2 is 1.35 bits per heavy atom. The van der Waals surface area contributed by atoms with Gasteiger partial charge in [0.2, 0.25) is 0 Å². The first-order valence-corrected chi connectivity index (χ1v) is 15.7. The Balaban J connectivity index is 1.45. The fourth-order valence-electron chi connectivity index (χ4n) is 7.63. The third-order valence-corrected chi connectivity index (χ3v) is 10.4. The molecular formula is C31H49F6NO5. The first-order valence-electron chi connectivity index (χ1n) is 15.7. The van der Waals surface area contributed by atoms with Crippen molar-refractivity contribution >= 4 is 11.9 Å². The molecule has 3 aliphatic rings. The molecule has 0 aromatic rings. The van der Waals surface area contributed by atoms with Crippen molar-refractivity contribution in [3.63, 3.8) is 0 Å². The number of ether oxygens (including phenoxy) is 2. The zero-order valence-corrected chi connectivity index (χ0v) is 25.8. The van der Waals surface area contributed by atoms with Gasteiger partial charge < -0.3 is 19.9 Å². The van der Waals surface area contributed by atoms with Crippen LogP contribution in [0.5, 0.6) is 0 Å². The normalized spacial score (nSPS) is 27.0. The van der Waals surface area contributed by atoms with Gasteiger partial charge in [-0.15, -0.1) is 0 Å². The standard InChI is InChI=1S/C31H49F6NO5/c1-27(2,23-10-8-22(9-11-23)25(39)43-28(3,4)24-12-15-38-16-13-24)19-21-7-5-6-20(18-21)14-17-42-26(40)29(41,30(32,33)34)31(35,36)37/h20-24,38,41H,5-19H2,1-4H3. The Bertz CT molecular complexity index is 922. The van der Waals surface area contributed by atoms with Gasteiger partial charge in [0.25, 0.3) is 0 Å². The number of carbonyl (C=O) groups excluding carboxylic acids is 2. The van der Waals surface area contributed by atoms with E-state index in [1.807, 2.05) is 13.8 Å². The van der Waals surface area contributed by atoms with Gasteiger partial charge >= 0.3 is 29.9 Å². The number of hydrogen-bond acceptors (Lipinski definition) is 6. The Kier molecular flexibility index (Phi) is 11.6. The Labute approximate surface area is 251 Å². The average Bonchev–Trinajstić information content (AvgIpc) is 2.91. The second-order valence-electron chi connectivity index (χ2n) is 14.3. The maximum atomic E-state index is 13.1. The van der Waals surface area contributed by atoms with Gasteiger partial charge in [-0.1, -0.05) is 33.1 Å². The summed E-state index contributed by atoms with van der Waals surface area (Å²) in [6.07, 6.45) is -2.66. The van der Waals surface area contributed by atoms with Crippen molar-refractivity contribution in [2.24, 2.45) is 35.0 Å². The van der Waals surface area contributed by atoms with E-state index in [9.17, 15) is 41.0 Å². The summed E-state index contributed by atoms with van der Waals surface area (Å²) in [4.78, 5) is 24.7. The molecule has 3 rings (SSSR count). The smallest absolute Gasteiger partial charge is 0.437 e. The minimum absolute atomic E-state index is 0.000947. The molecular weight excluding hydrogens is 580 g/mol. The van der Waals surface area contributed by atoms with Gasteiger partial charge in [0.15, 0.2) is 0 Å². The van der Waals surface area contributed by atoms with E-state index in [4.69, 9.17) is 4.74 Å². The number of nitrogens with one attached hydrogen (secondary N) is 1. The van der Waals surface area contributed by atoms with Crippen molar-refractivity contribution in [3.8, 4) is 0 Å². The van der Waals surface area contributed by atoms with Crippen LogP contribution in [0.3, 0.4) is 0 Å². The van der Waals surface area contributed by atoms with Crippen LogP contribution in [0, 0.1) is 35.0 Å². The zero-order valence-electron chi connectivity index (χ0n) is 25.8. The molecule has 0 aromatic carbocycles. The van der Waals surface area contributed by atoms with Gasteiger partial charge in [0.1, 0.15) is 5.60 Å². The summed E-state index contributed by atoms with van der Waals surface area (Å²) in [7, 11) is 0. The highest BCUT2D eigenvalue weighted by atomic mass is 19.4. The fraction of sp³-hybridized carbons (Fsp3) is 0.935. The molecule has 250 valence electrons. The highest BCUT2D eigenvalue weighted by Gasteiger charge is 2.76. The zero-order chi connectivity index (χ0) is 32.3. The largest absolute Gasteiger partial charge is 0.463 e. The van der Waals surface area contributed by atoms with Crippen LogP contribution >= 0.6 is 0 Å². The topological polar surface area (TPSA) is 84.9 Å². The number of piperidine rings is 1. The lowest BCUT2D eigenvalue weighted by Gasteiger charge is -2.43. The third kappa shape index (κ3) is 8.79. The molecule has 0 radical (unpaired) electrons. The van der Waals surface area contributed by atoms with Gasteiger partial charge in [-0.3, -0.25) is 4.79 Å². The number of aliphatic hydroxyl groups is 1. The minimum Gasteiger partial charge on any atom is -0.463 e. The quantitative estimate of drug-likeness (QED) is 0.198. The summed E-state index contributed by atoms with van der Waals surface area (Å²) >= 11 is 0. The average molecular weight is 630 g/mol. The molecule has 2 N–H and O–H groups in total. The molecule has 2 atom stereocenters. The van der Waals surface area contributed by atoms with Gasteiger partial charge in [0.05, 0.1) is 12.5 Å². The van der Waals surface area contributed by atoms with E-state index in [1.165, 1.54) is 0 Å². The van der Waals surface area contributed by atoms with Crippen LogP contribution in [0.25, 0.3) is 0 Å². The summed E-state index contributed by atoms with van der Waals surface area (Å²) in [6.45, 7) is 9.76. The molecule has 0 bridgehead atoms. The van der Waals surface area contributed by atoms with Crippen LogP contribution in [-0.4, -0.2) is 60.3 Å². The first-order chi connectivity index (χ1) is 19.8. The molecule has 12 heteroatoms. The SMILES string of the molecule is CC(C)(CC1CCCC(CCOC(=O)C(O)(C(F)(F)F)C(F)(F)F)C1)C1CCC(C(=O)OC(C)(C)C2CCNCC2)CC1. The highest BCUT2D eigenvalue weighted by molar-refractivity contribution is 5.81. The van der Waals surface area contributed by atoms with Crippen LogP contribution in [-0.2, 0) is 19.1 Å². The fourth-order valence-corrected chi connectivity index (χ4v) is 7.63. The first kappa shape index (κ1) is 35.9. The number of alkyl halides is 6. The van der Waals surface area contributed by atoms with E-state index < -0.39 is 36.1 Å². The monoisotopic (exact) mass is 629 g/mol. The number of carbonyl (C=O) groups is 2. The number of halogens is 6. The maximum Gasteiger partial charge on any atom is 0.437 e. The summed E-state index contributed by atoms with van der Waals surface area (Å²) < 4.78 is 87.7. The molecule has 0 spiro atoms. The molecule has 2 saturated carbocycles. The summed E-state index contributed by atoms with van der Waals surface area (Å²) in [5, 5.41) is 12.5. The molecule has 1 heterocycles. The van der Waals surface area contributed by atoms with Crippen molar-refractivity contribution in [3.05, 3.63) is 0 Å². The number of esters is 2. The Morgan fingerprint density at radius 1 is 0.791 bits per heavy atom. The maximum absolute atomic E-state index is 13.1. The Morgan fingerprint density at radius 3 is 1.91 bits per heavy atom. The minimum atomic E-state index is -6.24. The molecule has 1 aliphatic heterocycles.